The third-order valence-electron chi connectivity index (χ3n) is 4.25. The first-order valence-corrected chi connectivity index (χ1v) is 7.87. The first kappa shape index (κ1) is 16.3. The Bertz CT molecular complexity index is 506. The number of carbonyl (C=O) groups is 1. The average Bonchev–Trinajstić information content (AvgIpc) is 2.50. The summed E-state index contributed by atoms with van der Waals surface area (Å²) < 4.78 is 0. The van der Waals surface area contributed by atoms with Gasteiger partial charge in [-0.05, 0) is 58.0 Å². The monoisotopic (exact) mass is 309 g/mol. The van der Waals surface area contributed by atoms with E-state index in [9.17, 15) is 4.79 Å². The van der Waals surface area contributed by atoms with Gasteiger partial charge in [0.25, 0.3) is 0 Å². The molecule has 4 nitrogen and oxygen atoms in total. The molecule has 0 radical (unpaired) electrons. The topological polar surface area (TPSA) is 44.4 Å². The highest BCUT2D eigenvalue weighted by Crippen LogP contribution is 2.21. The number of rotatable bonds is 4. The van der Waals surface area contributed by atoms with Gasteiger partial charge in [0.05, 0.1) is 6.04 Å². The van der Waals surface area contributed by atoms with Crippen LogP contribution in [0.25, 0.3) is 0 Å². The van der Waals surface area contributed by atoms with Crippen LogP contribution in [0.2, 0.25) is 5.02 Å². The first-order chi connectivity index (χ1) is 10.0. The van der Waals surface area contributed by atoms with Crippen molar-refractivity contribution in [1.29, 1.82) is 0 Å². The molecule has 1 amide bonds. The standard InChI is InChI=1S/C16H24ClN3O/c1-11-6-7-13(17)9-15(11)19-16(21)12(2)20-8-4-5-14(10-20)18-3/h6-7,9,12,14,18H,4-5,8,10H2,1-3H3,(H,19,21). The van der Waals surface area contributed by atoms with Gasteiger partial charge >= 0.3 is 0 Å². The smallest absolute Gasteiger partial charge is 0.241 e. The van der Waals surface area contributed by atoms with Crippen molar-refractivity contribution in [1.82, 2.24) is 10.2 Å². The summed E-state index contributed by atoms with van der Waals surface area (Å²) >= 11 is 6.00. The van der Waals surface area contributed by atoms with E-state index >= 15 is 0 Å². The minimum atomic E-state index is -0.139. The van der Waals surface area contributed by atoms with Gasteiger partial charge in [-0.2, -0.15) is 0 Å². The second-order valence-electron chi connectivity index (χ2n) is 5.75. The van der Waals surface area contributed by atoms with Crippen LogP contribution in [0.1, 0.15) is 25.3 Å². The molecule has 5 heteroatoms. The molecule has 1 heterocycles. The second-order valence-corrected chi connectivity index (χ2v) is 6.18. The van der Waals surface area contributed by atoms with Crippen LogP contribution >= 0.6 is 11.6 Å². The molecule has 0 saturated carbocycles. The summed E-state index contributed by atoms with van der Waals surface area (Å²) in [6.07, 6.45) is 2.30. The van der Waals surface area contributed by atoms with E-state index in [4.69, 9.17) is 11.6 Å². The van der Waals surface area contributed by atoms with Crippen molar-refractivity contribution in [2.45, 2.75) is 38.8 Å². The molecule has 1 aromatic carbocycles. The summed E-state index contributed by atoms with van der Waals surface area (Å²) in [6.45, 7) is 5.82. The van der Waals surface area contributed by atoms with Crippen LogP contribution in [0.5, 0.6) is 0 Å². The molecule has 2 N–H and O–H groups in total. The van der Waals surface area contributed by atoms with Crippen molar-refractivity contribution in [3.63, 3.8) is 0 Å². The van der Waals surface area contributed by atoms with Gasteiger partial charge in [0.1, 0.15) is 0 Å². The lowest BCUT2D eigenvalue weighted by molar-refractivity contribution is -0.121. The predicted octanol–water partition coefficient (Wildman–Crippen LogP) is 2.66. The Kier molecular flexibility index (Phi) is 5.62. The van der Waals surface area contributed by atoms with Crippen LogP contribution < -0.4 is 10.6 Å². The van der Waals surface area contributed by atoms with Gasteiger partial charge in [-0.1, -0.05) is 17.7 Å². The Hall–Kier alpha value is -1.10. The molecule has 1 aromatic rings. The van der Waals surface area contributed by atoms with E-state index in [1.807, 2.05) is 33.0 Å². The van der Waals surface area contributed by atoms with Gasteiger partial charge in [-0.15, -0.1) is 0 Å². The summed E-state index contributed by atoms with van der Waals surface area (Å²) in [6, 6.07) is 5.88. The zero-order valence-electron chi connectivity index (χ0n) is 12.9. The number of benzene rings is 1. The number of nitrogens with zero attached hydrogens (tertiary/aromatic N) is 1. The fourth-order valence-electron chi connectivity index (χ4n) is 2.73. The number of aryl methyl sites for hydroxylation is 1. The molecule has 0 aliphatic carbocycles. The molecule has 116 valence electrons. The summed E-state index contributed by atoms with van der Waals surface area (Å²) in [7, 11) is 1.98. The molecule has 1 aliphatic rings. The van der Waals surface area contributed by atoms with Crippen molar-refractivity contribution in [3.05, 3.63) is 28.8 Å². The molecular formula is C16H24ClN3O. The summed E-state index contributed by atoms with van der Waals surface area (Å²) in [5, 5.41) is 6.93. The van der Waals surface area contributed by atoms with Gasteiger partial charge < -0.3 is 10.6 Å². The molecular weight excluding hydrogens is 286 g/mol. The van der Waals surface area contributed by atoms with Gasteiger partial charge in [0, 0.05) is 23.3 Å². The van der Waals surface area contributed by atoms with E-state index < -0.39 is 0 Å². The third kappa shape index (κ3) is 4.19. The molecule has 0 aromatic heterocycles. The maximum Gasteiger partial charge on any atom is 0.241 e. The highest BCUT2D eigenvalue weighted by Gasteiger charge is 2.26. The van der Waals surface area contributed by atoms with Crippen LogP contribution in [-0.2, 0) is 4.79 Å². The molecule has 1 aliphatic heterocycles. The number of halogens is 1. The Morgan fingerprint density at radius 1 is 1.48 bits per heavy atom. The third-order valence-corrected chi connectivity index (χ3v) is 4.48. The van der Waals surface area contributed by atoms with Crippen molar-refractivity contribution in [2.75, 3.05) is 25.5 Å². The molecule has 0 spiro atoms. The number of likely N-dealkylation sites (N-methyl/N-ethyl adjacent to an activating group) is 1. The lowest BCUT2D eigenvalue weighted by atomic mass is 10.0. The zero-order chi connectivity index (χ0) is 15.4. The molecule has 2 unspecified atom stereocenters. The number of carbonyl (C=O) groups excluding carboxylic acids is 1. The number of amides is 1. The first-order valence-electron chi connectivity index (χ1n) is 7.49. The largest absolute Gasteiger partial charge is 0.324 e. The SMILES string of the molecule is CNC1CCCN(C(C)C(=O)Nc2cc(Cl)ccc2C)C1. The lowest BCUT2D eigenvalue weighted by Crippen LogP contribution is -2.51. The molecule has 1 fully saturated rings. The van der Waals surface area contributed by atoms with Crippen LogP contribution in [0.3, 0.4) is 0 Å². The minimum absolute atomic E-state index is 0.0251. The Morgan fingerprint density at radius 2 is 2.24 bits per heavy atom. The van der Waals surface area contributed by atoms with Crippen molar-refractivity contribution in [2.24, 2.45) is 0 Å². The number of hydrogen-bond donors (Lipinski definition) is 2. The normalized spacial score (nSPS) is 21.0. The highest BCUT2D eigenvalue weighted by molar-refractivity contribution is 6.31. The minimum Gasteiger partial charge on any atom is -0.324 e. The number of anilines is 1. The van der Waals surface area contributed by atoms with Gasteiger partial charge in [-0.3, -0.25) is 9.69 Å². The zero-order valence-corrected chi connectivity index (χ0v) is 13.7. The summed E-state index contributed by atoms with van der Waals surface area (Å²) in [4.78, 5) is 14.7. The van der Waals surface area contributed by atoms with E-state index in [1.165, 1.54) is 6.42 Å². The fourth-order valence-corrected chi connectivity index (χ4v) is 2.90. The van der Waals surface area contributed by atoms with Crippen molar-refractivity contribution < 1.29 is 4.79 Å². The van der Waals surface area contributed by atoms with Crippen molar-refractivity contribution >= 4 is 23.2 Å². The number of nitrogens with one attached hydrogen (secondary N) is 2. The molecule has 0 bridgehead atoms. The lowest BCUT2D eigenvalue weighted by Gasteiger charge is -2.36. The highest BCUT2D eigenvalue weighted by atomic mass is 35.5. The van der Waals surface area contributed by atoms with E-state index in [2.05, 4.69) is 15.5 Å². The van der Waals surface area contributed by atoms with Crippen molar-refractivity contribution in [3.8, 4) is 0 Å². The van der Waals surface area contributed by atoms with Crippen LogP contribution in [0.15, 0.2) is 18.2 Å². The van der Waals surface area contributed by atoms with Gasteiger partial charge in [0.2, 0.25) is 5.91 Å². The van der Waals surface area contributed by atoms with Gasteiger partial charge in [-0.25, -0.2) is 0 Å². The van der Waals surface area contributed by atoms with E-state index in [-0.39, 0.29) is 11.9 Å². The Morgan fingerprint density at radius 3 is 2.95 bits per heavy atom. The predicted molar refractivity (Wildman–Crippen MR) is 87.9 cm³/mol. The molecule has 21 heavy (non-hydrogen) atoms. The fraction of sp³-hybridized carbons (Fsp3) is 0.562. The molecule has 2 rings (SSSR count). The van der Waals surface area contributed by atoms with Gasteiger partial charge in [0.15, 0.2) is 0 Å². The maximum absolute atomic E-state index is 12.5. The number of hydrogen-bond acceptors (Lipinski definition) is 3. The molecule has 2 atom stereocenters. The quantitative estimate of drug-likeness (QED) is 0.899. The number of likely N-dealkylation sites (tertiary alicyclic amines) is 1. The van der Waals surface area contributed by atoms with E-state index in [0.717, 1.165) is 30.8 Å². The summed E-state index contributed by atoms with van der Waals surface area (Å²) in [5.74, 6) is 0.0251. The summed E-state index contributed by atoms with van der Waals surface area (Å²) in [5.41, 5.74) is 1.81. The number of piperidine rings is 1. The Balaban J connectivity index is 2.00. The molecule has 1 saturated heterocycles. The van der Waals surface area contributed by atoms with Crippen LogP contribution in [0.4, 0.5) is 5.69 Å². The van der Waals surface area contributed by atoms with E-state index in [0.29, 0.717) is 11.1 Å². The van der Waals surface area contributed by atoms with E-state index in [1.54, 1.807) is 6.07 Å². The Labute approximate surface area is 131 Å². The average molecular weight is 310 g/mol. The van der Waals surface area contributed by atoms with Crippen LogP contribution in [-0.4, -0.2) is 43.0 Å². The second kappa shape index (κ2) is 7.25. The van der Waals surface area contributed by atoms with Crippen LogP contribution in [0, 0.1) is 6.92 Å². The maximum atomic E-state index is 12.5.